The smallest absolute Gasteiger partial charge is 0.408 e. The summed E-state index contributed by atoms with van der Waals surface area (Å²) in [7, 11) is 0. The number of hydrogen-bond acceptors (Lipinski definition) is 5. The minimum atomic E-state index is -1.25. The Labute approximate surface area is 180 Å². The van der Waals surface area contributed by atoms with E-state index in [1.807, 2.05) is 30.3 Å². The predicted molar refractivity (Wildman–Crippen MR) is 113 cm³/mol. The second kappa shape index (κ2) is 12.0. The fourth-order valence-electron chi connectivity index (χ4n) is 2.87. The molecule has 0 unspecified atom stereocenters. The molecule has 0 aliphatic carbocycles. The van der Waals surface area contributed by atoms with E-state index in [1.165, 1.54) is 0 Å². The molecular weight excluding hydrogens is 398 g/mol. The summed E-state index contributed by atoms with van der Waals surface area (Å²) in [6.07, 6.45) is -0.696. The molecule has 0 saturated heterocycles. The number of benzene rings is 2. The van der Waals surface area contributed by atoms with Crippen molar-refractivity contribution in [1.82, 2.24) is 10.6 Å². The van der Waals surface area contributed by atoms with Crippen molar-refractivity contribution in [3.05, 3.63) is 71.8 Å². The zero-order chi connectivity index (χ0) is 22.6. The van der Waals surface area contributed by atoms with Crippen LogP contribution in [0.3, 0.4) is 0 Å². The molecule has 3 N–H and O–H groups in total. The van der Waals surface area contributed by atoms with Crippen molar-refractivity contribution < 1.29 is 24.2 Å². The Morgan fingerprint density at radius 3 is 2.10 bits per heavy atom. The molecule has 8 heteroatoms. The average molecular weight is 423 g/mol. The lowest BCUT2D eigenvalue weighted by molar-refractivity contribution is -0.142. The van der Waals surface area contributed by atoms with Gasteiger partial charge >= 0.3 is 12.1 Å². The van der Waals surface area contributed by atoms with Crippen LogP contribution in [-0.2, 0) is 27.4 Å². The Bertz CT molecular complexity index is 912. The van der Waals surface area contributed by atoms with Gasteiger partial charge in [0.1, 0.15) is 18.7 Å². The van der Waals surface area contributed by atoms with Crippen LogP contribution in [0.15, 0.2) is 60.7 Å². The third-order valence-corrected chi connectivity index (χ3v) is 4.53. The highest BCUT2D eigenvalue weighted by Crippen LogP contribution is 2.08. The summed E-state index contributed by atoms with van der Waals surface area (Å²) in [4.78, 5) is 36.6. The van der Waals surface area contributed by atoms with Crippen molar-refractivity contribution in [1.29, 1.82) is 5.26 Å². The summed E-state index contributed by atoms with van der Waals surface area (Å²) in [6.45, 7) is 1.60. The first-order valence-electron chi connectivity index (χ1n) is 9.83. The Balaban J connectivity index is 2.07. The summed E-state index contributed by atoms with van der Waals surface area (Å²) in [6, 6.07) is 17.7. The first-order chi connectivity index (χ1) is 14.9. The quantitative estimate of drug-likeness (QED) is 0.539. The predicted octanol–water partition coefficient (Wildman–Crippen LogP) is 2.64. The van der Waals surface area contributed by atoms with E-state index in [-0.39, 0.29) is 19.4 Å². The molecule has 3 atom stereocenters. The van der Waals surface area contributed by atoms with Gasteiger partial charge in [0.2, 0.25) is 5.91 Å². The Kier molecular flexibility index (Phi) is 9.05. The lowest BCUT2D eigenvalue weighted by atomic mass is 10.0. The fraction of sp³-hybridized carbons (Fsp3) is 0.304. The second-order valence-electron chi connectivity index (χ2n) is 7.11. The number of carbonyl (C=O) groups is 3. The van der Waals surface area contributed by atoms with Crippen molar-refractivity contribution >= 4 is 18.0 Å². The molecule has 2 aromatic rings. The fourth-order valence-corrected chi connectivity index (χ4v) is 2.87. The van der Waals surface area contributed by atoms with E-state index >= 15 is 0 Å². The number of nitrogens with zero attached hydrogens (tertiary/aromatic N) is 1. The number of carboxylic acid groups (broad SMARTS) is 1. The van der Waals surface area contributed by atoms with E-state index in [1.54, 1.807) is 43.3 Å². The summed E-state index contributed by atoms with van der Waals surface area (Å²) < 4.78 is 5.19. The molecule has 8 nitrogen and oxygen atoms in total. The van der Waals surface area contributed by atoms with Crippen LogP contribution in [-0.4, -0.2) is 35.2 Å². The van der Waals surface area contributed by atoms with E-state index in [0.717, 1.165) is 11.1 Å². The number of ether oxygens (including phenoxy) is 1. The molecule has 162 valence electrons. The van der Waals surface area contributed by atoms with Gasteiger partial charge in [-0.2, -0.15) is 5.26 Å². The zero-order valence-corrected chi connectivity index (χ0v) is 17.2. The number of nitriles is 1. The number of alkyl carbamates (subject to hydrolysis) is 1. The SMILES string of the molecule is C[C@@H](C#N)C[C@H](NC(=O)[C@@H](Cc1ccccc1)NC(=O)OCc1ccccc1)C(=O)O. The summed E-state index contributed by atoms with van der Waals surface area (Å²) >= 11 is 0. The van der Waals surface area contributed by atoms with E-state index in [9.17, 15) is 19.5 Å². The van der Waals surface area contributed by atoms with Crippen LogP contribution in [0.4, 0.5) is 4.79 Å². The normalized spacial score (nSPS) is 13.2. The van der Waals surface area contributed by atoms with Gasteiger partial charge in [0.25, 0.3) is 0 Å². The maximum absolute atomic E-state index is 12.8. The number of rotatable bonds is 10. The molecule has 0 heterocycles. The molecule has 0 bridgehead atoms. The van der Waals surface area contributed by atoms with Gasteiger partial charge in [0.15, 0.2) is 0 Å². The standard InChI is InChI=1S/C23H25N3O5/c1-16(14-24)12-20(22(28)29)25-21(27)19(13-17-8-4-2-5-9-17)26-23(30)31-15-18-10-6-3-7-11-18/h2-11,16,19-20H,12-13,15H2,1H3,(H,25,27)(H,26,30)(H,28,29)/t16-,19-,20+/m1/s1. The van der Waals surface area contributed by atoms with Crippen molar-refractivity contribution in [2.75, 3.05) is 0 Å². The van der Waals surface area contributed by atoms with E-state index in [2.05, 4.69) is 10.6 Å². The van der Waals surface area contributed by atoms with E-state index in [0.29, 0.717) is 0 Å². The third kappa shape index (κ3) is 8.19. The van der Waals surface area contributed by atoms with Crippen LogP contribution >= 0.6 is 0 Å². The molecule has 0 radical (unpaired) electrons. The molecule has 2 aromatic carbocycles. The van der Waals surface area contributed by atoms with Crippen LogP contribution in [0, 0.1) is 17.2 Å². The van der Waals surface area contributed by atoms with Gasteiger partial charge in [-0.05, 0) is 24.5 Å². The Morgan fingerprint density at radius 2 is 1.55 bits per heavy atom. The van der Waals surface area contributed by atoms with Crippen LogP contribution in [0.5, 0.6) is 0 Å². The Morgan fingerprint density at radius 1 is 0.968 bits per heavy atom. The van der Waals surface area contributed by atoms with Crippen LogP contribution in [0.25, 0.3) is 0 Å². The topological polar surface area (TPSA) is 129 Å². The van der Waals surface area contributed by atoms with Gasteiger partial charge < -0.3 is 20.5 Å². The average Bonchev–Trinajstić information content (AvgIpc) is 2.78. The van der Waals surface area contributed by atoms with Crippen molar-refractivity contribution in [2.24, 2.45) is 5.92 Å². The largest absolute Gasteiger partial charge is 0.480 e. The molecule has 0 fully saturated rings. The highest BCUT2D eigenvalue weighted by molar-refractivity contribution is 5.89. The lowest BCUT2D eigenvalue weighted by Crippen LogP contribution is -2.52. The monoisotopic (exact) mass is 423 g/mol. The van der Waals surface area contributed by atoms with Gasteiger partial charge in [0.05, 0.1) is 6.07 Å². The van der Waals surface area contributed by atoms with Crippen LogP contribution < -0.4 is 10.6 Å². The maximum Gasteiger partial charge on any atom is 0.408 e. The first kappa shape index (κ1) is 23.4. The lowest BCUT2D eigenvalue weighted by Gasteiger charge is -2.22. The number of amides is 2. The number of carbonyl (C=O) groups excluding carboxylic acids is 2. The van der Waals surface area contributed by atoms with E-state index < -0.39 is 36.0 Å². The summed E-state index contributed by atoms with van der Waals surface area (Å²) in [5.74, 6) is -2.48. The molecular formula is C23H25N3O5. The van der Waals surface area contributed by atoms with Gasteiger partial charge in [-0.15, -0.1) is 0 Å². The highest BCUT2D eigenvalue weighted by Gasteiger charge is 2.28. The summed E-state index contributed by atoms with van der Waals surface area (Å²) in [5, 5.41) is 23.3. The number of carboxylic acids is 1. The molecule has 0 aliphatic rings. The van der Waals surface area contributed by atoms with Gasteiger partial charge in [-0.1, -0.05) is 60.7 Å². The molecule has 0 aliphatic heterocycles. The zero-order valence-electron chi connectivity index (χ0n) is 17.2. The van der Waals surface area contributed by atoms with Gasteiger partial charge in [-0.25, -0.2) is 9.59 Å². The maximum atomic E-state index is 12.8. The molecule has 0 aromatic heterocycles. The van der Waals surface area contributed by atoms with Gasteiger partial charge in [-0.3, -0.25) is 4.79 Å². The second-order valence-corrected chi connectivity index (χ2v) is 7.11. The van der Waals surface area contributed by atoms with Crippen molar-refractivity contribution in [3.63, 3.8) is 0 Å². The van der Waals surface area contributed by atoms with Crippen LogP contribution in [0.1, 0.15) is 24.5 Å². The molecule has 0 saturated carbocycles. The van der Waals surface area contributed by atoms with Crippen LogP contribution in [0.2, 0.25) is 0 Å². The number of aliphatic carboxylic acids is 1. The molecule has 0 spiro atoms. The number of nitrogens with one attached hydrogen (secondary N) is 2. The molecule has 2 rings (SSSR count). The minimum Gasteiger partial charge on any atom is -0.480 e. The van der Waals surface area contributed by atoms with Gasteiger partial charge in [0, 0.05) is 12.3 Å². The van der Waals surface area contributed by atoms with Crippen molar-refractivity contribution in [2.45, 2.75) is 38.5 Å². The highest BCUT2D eigenvalue weighted by atomic mass is 16.5. The minimum absolute atomic E-state index is 0.0315. The number of hydrogen-bond donors (Lipinski definition) is 3. The summed E-state index contributed by atoms with van der Waals surface area (Å²) in [5.41, 5.74) is 1.57. The van der Waals surface area contributed by atoms with Crippen molar-refractivity contribution in [3.8, 4) is 6.07 Å². The third-order valence-electron chi connectivity index (χ3n) is 4.53. The first-order valence-corrected chi connectivity index (χ1v) is 9.83. The Hall–Kier alpha value is -3.86. The molecule has 31 heavy (non-hydrogen) atoms. The van der Waals surface area contributed by atoms with E-state index in [4.69, 9.17) is 10.00 Å². The molecule has 2 amide bonds.